The minimum Gasteiger partial charge on any atom is -0.0732 e. The van der Waals surface area contributed by atoms with Crippen LogP contribution in [0.3, 0.4) is 0 Å². The SMILES string of the molecule is Brc1ccc2c(c1)C(c1cccc(C(=C3c4ccccc4-c4ccccc43)c3ccccc3)c1)(c1cccc(/C(=C3\c4ccccc4C4=CC3C=CC=C4)c3ccccc3)c1)c1cc(Br)ccc1-2. The van der Waals surface area contributed by atoms with Crippen LogP contribution in [0.25, 0.3) is 50.1 Å². The second-order valence-corrected chi connectivity index (χ2v) is 19.9. The molecule has 9 aromatic rings. The number of halogens is 2. The zero-order valence-corrected chi connectivity index (χ0v) is 40.2. The summed E-state index contributed by atoms with van der Waals surface area (Å²) in [5.74, 6) is 0.0922. The lowest BCUT2D eigenvalue weighted by molar-refractivity contribution is 0.766. The fraction of sp³-hybridized carbons (Fsp3) is 0.0303. The molecule has 0 N–H and O–H groups in total. The van der Waals surface area contributed by atoms with Gasteiger partial charge < -0.3 is 0 Å². The monoisotopic (exact) mass is 992 g/mol. The van der Waals surface area contributed by atoms with Crippen LogP contribution in [0, 0.1) is 5.92 Å². The highest BCUT2D eigenvalue weighted by atomic mass is 79.9. The van der Waals surface area contributed by atoms with Gasteiger partial charge in [0.2, 0.25) is 0 Å². The van der Waals surface area contributed by atoms with Crippen molar-refractivity contribution in [3.63, 3.8) is 0 Å². The molecular weight excluding hydrogens is 953 g/mol. The summed E-state index contributed by atoms with van der Waals surface area (Å²) in [6, 6.07) is 81.4. The number of hydrogen-bond acceptors (Lipinski definition) is 0. The third kappa shape index (κ3) is 6.39. The Morgan fingerprint density at radius 2 is 0.838 bits per heavy atom. The van der Waals surface area contributed by atoms with Crippen LogP contribution in [0.5, 0.6) is 0 Å². The molecule has 0 nitrogen and oxygen atoms in total. The minimum absolute atomic E-state index is 0.0922. The summed E-state index contributed by atoms with van der Waals surface area (Å²) in [4.78, 5) is 0. The number of benzene rings is 9. The molecule has 0 saturated heterocycles. The molecule has 0 radical (unpaired) electrons. The summed E-state index contributed by atoms with van der Waals surface area (Å²) in [7, 11) is 0. The zero-order chi connectivity index (χ0) is 45.3. The lowest BCUT2D eigenvalue weighted by Crippen LogP contribution is -2.29. The molecule has 0 fully saturated rings. The van der Waals surface area contributed by atoms with E-state index in [4.69, 9.17) is 0 Å². The first-order valence-electron chi connectivity index (χ1n) is 23.3. The average molecular weight is 995 g/mol. The van der Waals surface area contributed by atoms with Crippen molar-refractivity contribution < 1.29 is 0 Å². The van der Waals surface area contributed by atoms with E-state index in [0.29, 0.717) is 0 Å². The van der Waals surface area contributed by atoms with Gasteiger partial charge in [0.05, 0.1) is 5.41 Å². The Labute approximate surface area is 415 Å². The van der Waals surface area contributed by atoms with Crippen molar-refractivity contribution in [2.24, 2.45) is 5.92 Å². The maximum Gasteiger partial charge on any atom is 0.0714 e. The standard InChI is InChI=1S/C66H42Br2/c67-50-33-35-55-56-36-34-51(68)41-61(56)66(60(55)40-50,49-26-16-24-47(39-49)63(43-19-5-2-6-20-43)65-58-31-13-10-28-53(58)54-29-11-14-32-59(54)65)48-25-15-23-46(38-48)62(42-17-3-1-4-18-42)64-45-22-8-7-21-44(37-45)52-27-9-12-30-57(52)64/h1-41,45H/b64-62-. The molecule has 9 aromatic carbocycles. The Morgan fingerprint density at radius 3 is 1.41 bits per heavy atom. The topological polar surface area (TPSA) is 0 Å². The van der Waals surface area contributed by atoms with Gasteiger partial charge in [-0.15, -0.1) is 0 Å². The van der Waals surface area contributed by atoms with Crippen LogP contribution < -0.4 is 0 Å². The van der Waals surface area contributed by atoms with Crippen molar-refractivity contribution in [3.05, 3.63) is 324 Å². The molecule has 4 aliphatic carbocycles. The van der Waals surface area contributed by atoms with Crippen molar-refractivity contribution in [2.45, 2.75) is 5.41 Å². The van der Waals surface area contributed by atoms with Crippen LogP contribution >= 0.6 is 31.9 Å². The summed E-state index contributed by atoms with van der Waals surface area (Å²) >= 11 is 7.98. The van der Waals surface area contributed by atoms with Gasteiger partial charge in [-0.2, -0.15) is 0 Å². The molecule has 68 heavy (non-hydrogen) atoms. The summed E-state index contributed by atoms with van der Waals surface area (Å²) in [6.45, 7) is 0. The Bertz CT molecular complexity index is 3590. The predicted molar refractivity (Wildman–Crippen MR) is 291 cm³/mol. The fourth-order valence-corrected chi connectivity index (χ4v) is 12.5. The molecule has 0 saturated carbocycles. The highest BCUT2D eigenvalue weighted by Gasteiger charge is 2.47. The van der Waals surface area contributed by atoms with Crippen molar-refractivity contribution in [2.75, 3.05) is 0 Å². The lowest BCUT2D eigenvalue weighted by atomic mass is 9.66. The van der Waals surface area contributed by atoms with Gasteiger partial charge in [-0.25, -0.2) is 0 Å². The normalized spacial score (nSPS) is 16.2. The Hall–Kier alpha value is -7.36. The van der Waals surface area contributed by atoms with Gasteiger partial charge in [-0.3, -0.25) is 0 Å². The van der Waals surface area contributed by atoms with E-state index in [-0.39, 0.29) is 5.92 Å². The molecule has 4 aliphatic rings. The van der Waals surface area contributed by atoms with Gasteiger partial charge in [-0.05, 0) is 153 Å². The predicted octanol–water partition coefficient (Wildman–Crippen LogP) is 17.7. The second kappa shape index (κ2) is 16.5. The Balaban J connectivity index is 1.12. The molecule has 0 aliphatic heterocycles. The molecule has 1 atom stereocenters. The van der Waals surface area contributed by atoms with Gasteiger partial charge in [0.15, 0.2) is 0 Å². The van der Waals surface area contributed by atoms with Gasteiger partial charge in [0.1, 0.15) is 0 Å². The van der Waals surface area contributed by atoms with Crippen LogP contribution in [0.4, 0.5) is 0 Å². The first kappa shape index (κ1) is 40.9. The smallest absolute Gasteiger partial charge is 0.0714 e. The summed E-state index contributed by atoms with van der Waals surface area (Å²) in [5, 5.41) is 0. The molecule has 0 amide bonds. The molecule has 320 valence electrons. The molecule has 0 heterocycles. The van der Waals surface area contributed by atoms with E-state index in [1.807, 2.05) is 0 Å². The third-order valence-corrected chi connectivity index (χ3v) is 15.5. The van der Waals surface area contributed by atoms with Gasteiger partial charge in [0.25, 0.3) is 0 Å². The molecule has 0 spiro atoms. The van der Waals surface area contributed by atoms with Crippen LogP contribution in [0.2, 0.25) is 0 Å². The molecule has 2 bridgehead atoms. The van der Waals surface area contributed by atoms with Crippen molar-refractivity contribution >= 4 is 59.7 Å². The largest absolute Gasteiger partial charge is 0.0732 e. The van der Waals surface area contributed by atoms with Crippen LogP contribution in [-0.2, 0) is 5.41 Å². The average Bonchev–Trinajstić information content (AvgIpc) is 3.75. The van der Waals surface area contributed by atoms with Crippen LogP contribution in [0.15, 0.2) is 258 Å². The fourth-order valence-electron chi connectivity index (χ4n) is 11.8. The van der Waals surface area contributed by atoms with Crippen molar-refractivity contribution in [1.82, 2.24) is 0 Å². The maximum absolute atomic E-state index is 3.99. The van der Waals surface area contributed by atoms with E-state index in [2.05, 4.69) is 281 Å². The van der Waals surface area contributed by atoms with E-state index < -0.39 is 5.41 Å². The highest BCUT2D eigenvalue weighted by Crippen LogP contribution is 2.59. The Morgan fingerprint density at radius 1 is 0.368 bits per heavy atom. The van der Waals surface area contributed by atoms with Gasteiger partial charge in [0, 0.05) is 14.9 Å². The lowest BCUT2D eigenvalue weighted by Gasteiger charge is -2.35. The summed E-state index contributed by atoms with van der Waals surface area (Å²) in [5.41, 5.74) is 25.4. The number of fused-ring (bicyclic) bond motifs is 9. The molecular formula is C66H42Br2. The summed E-state index contributed by atoms with van der Waals surface area (Å²) < 4.78 is 2.10. The summed E-state index contributed by atoms with van der Waals surface area (Å²) in [6.07, 6.45) is 11.4. The second-order valence-electron chi connectivity index (χ2n) is 18.1. The quantitative estimate of drug-likeness (QED) is 0.156. The number of hydrogen-bond donors (Lipinski definition) is 0. The number of rotatable bonds is 6. The minimum atomic E-state index is -0.710. The molecule has 1 unspecified atom stereocenters. The van der Waals surface area contributed by atoms with E-state index in [0.717, 1.165) is 8.95 Å². The van der Waals surface area contributed by atoms with E-state index in [1.165, 1.54) is 117 Å². The van der Waals surface area contributed by atoms with E-state index >= 15 is 0 Å². The first-order valence-corrected chi connectivity index (χ1v) is 24.9. The highest BCUT2D eigenvalue weighted by molar-refractivity contribution is 9.10. The zero-order valence-electron chi connectivity index (χ0n) is 37.0. The van der Waals surface area contributed by atoms with Gasteiger partial charge in [-0.1, -0.05) is 244 Å². The van der Waals surface area contributed by atoms with E-state index in [9.17, 15) is 0 Å². The first-order chi connectivity index (χ1) is 33.6. The maximum atomic E-state index is 3.99. The molecule has 0 aromatic heterocycles. The van der Waals surface area contributed by atoms with E-state index in [1.54, 1.807) is 0 Å². The Kier molecular flexibility index (Phi) is 9.89. The van der Waals surface area contributed by atoms with Crippen molar-refractivity contribution in [3.8, 4) is 22.3 Å². The van der Waals surface area contributed by atoms with Crippen LogP contribution in [-0.4, -0.2) is 0 Å². The molecule has 13 rings (SSSR count). The molecule has 2 heteroatoms. The van der Waals surface area contributed by atoms with Crippen molar-refractivity contribution in [1.29, 1.82) is 0 Å². The third-order valence-electron chi connectivity index (χ3n) is 14.5. The number of allylic oxidation sites excluding steroid dienone is 7. The van der Waals surface area contributed by atoms with Gasteiger partial charge >= 0.3 is 0 Å². The van der Waals surface area contributed by atoms with Crippen LogP contribution in [0.1, 0.15) is 66.8 Å².